The maximum atomic E-state index is 12.5. The second-order valence-corrected chi connectivity index (χ2v) is 3.29. The lowest BCUT2D eigenvalue weighted by Crippen LogP contribution is -1.81. The molecule has 0 N–H and O–H groups in total. The molecule has 2 nitrogen and oxygen atoms in total. The number of halogens is 1. The van der Waals surface area contributed by atoms with Gasteiger partial charge in [0.15, 0.2) is 5.76 Å². The Hall–Kier alpha value is -2.34. The van der Waals surface area contributed by atoms with Crippen molar-refractivity contribution in [3.63, 3.8) is 0 Å². The number of furan rings is 1. The van der Waals surface area contributed by atoms with Gasteiger partial charge in [0, 0.05) is 12.3 Å². The van der Waals surface area contributed by atoms with Gasteiger partial charge in [-0.3, -0.25) is 4.99 Å². The van der Waals surface area contributed by atoms with Gasteiger partial charge in [-0.1, -0.05) is 36.3 Å². The Morgan fingerprint density at radius 1 is 1.18 bits per heavy atom. The minimum Gasteiger partial charge on any atom is -0.422 e. The van der Waals surface area contributed by atoms with Gasteiger partial charge in [-0.2, -0.15) is 4.39 Å². The largest absolute Gasteiger partial charge is 0.422 e. The van der Waals surface area contributed by atoms with Crippen LogP contribution in [0.25, 0.3) is 0 Å². The van der Waals surface area contributed by atoms with Crippen LogP contribution in [0.5, 0.6) is 0 Å². The smallest absolute Gasteiger partial charge is 0.278 e. The van der Waals surface area contributed by atoms with E-state index in [1.165, 1.54) is 12.1 Å². The maximum absolute atomic E-state index is 12.5. The fourth-order valence-corrected chi connectivity index (χ4v) is 1.24. The van der Waals surface area contributed by atoms with Crippen LogP contribution in [0.4, 0.5) is 4.39 Å². The Balaban J connectivity index is 1.88. The summed E-state index contributed by atoms with van der Waals surface area (Å²) in [4.78, 5) is 4.13. The van der Waals surface area contributed by atoms with Gasteiger partial charge in [-0.15, -0.1) is 0 Å². The van der Waals surface area contributed by atoms with Crippen LogP contribution in [0.3, 0.4) is 0 Å². The van der Waals surface area contributed by atoms with Crippen LogP contribution >= 0.6 is 0 Å². The minimum absolute atomic E-state index is 0.317. The van der Waals surface area contributed by atoms with Crippen molar-refractivity contribution >= 4 is 6.21 Å². The van der Waals surface area contributed by atoms with Crippen LogP contribution < -0.4 is 0 Å². The molecule has 0 radical (unpaired) electrons. The summed E-state index contributed by atoms with van der Waals surface area (Å²) in [5.41, 5.74) is 1.03. The lowest BCUT2D eigenvalue weighted by molar-refractivity contribution is 0.354. The van der Waals surface area contributed by atoms with Gasteiger partial charge in [-0.05, 0) is 17.6 Å². The standard InChI is InChI=1S/C14H10FNO/c15-14-9-8-13(17-14)7-4-10-16-11-12-5-2-1-3-6-12/h1-3,5-6,8-9,11H,10H2/b16-11+. The summed E-state index contributed by atoms with van der Waals surface area (Å²) >= 11 is 0. The quantitative estimate of drug-likeness (QED) is 0.572. The summed E-state index contributed by atoms with van der Waals surface area (Å²) in [7, 11) is 0. The Bertz CT molecular complexity index is 561. The summed E-state index contributed by atoms with van der Waals surface area (Å²) in [5, 5.41) is 0. The Morgan fingerprint density at radius 3 is 2.71 bits per heavy atom. The SMILES string of the molecule is Fc1ccc(C#CC/N=C/c2ccccc2)o1. The fourth-order valence-electron chi connectivity index (χ4n) is 1.24. The molecule has 1 aromatic carbocycles. The zero-order valence-corrected chi connectivity index (χ0v) is 9.06. The Morgan fingerprint density at radius 2 is 2.00 bits per heavy atom. The number of benzene rings is 1. The van der Waals surface area contributed by atoms with Crippen LogP contribution in [-0.4, -0.2) is 12.8 Å². The highest BCUT2D eigenvalue weighted by atomic mass is 19.1. The van der Waals surface area contributed by atoms with E-state index in [9.17, 15) is 4.39 Å². The molecule has 0 saturated carbocycles. The molecule has 3 heteroatoms. The van der Waals surface area contributed by atoms with Gasteiger partial charge < -0.3 is 4.42 Å². The van der Waals surface area contributed by atoms with Crippen LogP contribution in [0.15, 0.2) is 51.9 Å². The zero-order chi connectivity index (χ0) is 11.9. The highest BCUT2D eigenvalue weighted by Gasteiger charge is 1.94. The van der Waals surface area contributed by atoms with Crippen molar-refractivity contribution in [1.82, 2.24) is 0 Å². The third-order valence-corrected chi connectivity index (χ3v) is 2.00. The normalized spacial score (nSPS) is 10.2. The second kappa shape index (κ2) is 5.66. The summed E-state index contributed by atoms with van der Waals surface area (Å²) in [6.07, 6.45) is 1.75. The second-order valence-electron chi connectivity index (χ2n) is 3.29. The molecular weight excluding hydrogens is 217 g/mol. The molecule has 17 heavy (non-hydrogen) atoms. The monoisotopic (exact) mass is 227 g/mol. The lowest BCUT2D eigenvalue weighted by atomic mass is 10.2. The maximum Gasteiger partial charge on any atom is 0.278 e. The minimum atomic E-state index is -0.623. The molecule has 0 spiro atoms. The first-order chi connectivity index (χ1) is 8.34. The van der Waals surface area contributed by atoms with Gasteiger partial charge in [0.05, 0.1) is 0 Å². The molecule has 0 unspecified atom stereocenters. The van der Waals surface area contributed by atoms with Crippen molar-refractivity contribution in [2.75, 3.05) is 6.54 Å². The van der Waals surface area contributed by atoms with E-state index < -0.39 is 6.01 Å². The van der Waals surface area contributed by atoms with Crippen molar-refractivity contribution < 1.29 is 8.81 Å². The summed E-state index contributed by atoms with van der Waals surface area (Å²) in [6.45, 7) is 0.358. The molecule has 0 fully saturated rings. The molecule has 0 saturated heterocycles. The van der Waals surface area contributed by atoms with Crippen molar-refractivity contribution in [3.05, 3.63) is 59.8 Å². The third kappa shape index (κ3) is 3.62. The molecule has 0 amide bonds. The van der Waals surface area contributed by atoms with Gasteiger partial charge in [0.2, 0.25) is 0 Å². The summed E-state index contributed by atoms with van der Waals surface area (Å²) in [5.74, 6) is 5.78. The van der Waals surface area contributed by atoms with E-state index >= 15 is 0 Å². The van der Waals surface area contributed by atoms with E-state index in [0.29, 0.717) is 12.3 Å². The lowest BCUT2D eigenvalue weighted by Gasteiger charge is -1.88. The average molecular weight is 227 g/mol. The number of nitrogens with zero attached hydrogens (tertiary/aromatic N) is 1. The van der Waals surface area contributed by atoms with Crippen molar-refractivity contribution in [2.45, 2.75) is 0 Å². The number of hydrogen-bond donors (Lipinski definition) is 0. The van der Waals surface area contributed by atoms with Gasteiger partial charge in [0.25, 0.3) is 6.01 Å². The average Bonchev–Trinajstić information content (AvgIpc) is 2.76. The number of rotatable bonds is 2. The van der Waals surface area contributed by atoms with Gasteiger partial charge in [0.1, 0.15) is 6.54 Å². The molecule has 0 atom stereocenters. The molecule has 84 valence electrons. The third-order valence-electron chi connectivity index (χ3n) is 2.00. The van der Waals surface area contributed by atoms with E-state index in [-0.39, 0.29) is 0 Å². The number of aliphatic imine (C=N–C) groups is 1. The van der Waals surface area contributed by atoms with Gasteiger partial charge in [-0.25, -0.2) is 0 Å². The molecule has 1 heterocycles. The van der Waals surface area contributed by atoms with Crippen LogP contribution in [0.2, 0.25) is 0 Å². The molecular formula is C14H10FNO. The fraction of sp³-hybridized carbons (Fsp3) is 0.0714. The van der Waals surface area contributed by atoms with Crippen molar-refractivity contribution in [1.29, 1.82) is 0 Å². The van der Waals surface area contributed by atoms with Crippen molar-refractivity contribution in [3.8, 4) is 11.8 Å². The van der Waals surface area contributed by atoms with Crippen molar-refractivity contribution in [2.24, 2.45) is 4.99 Å². The van der Waals surface area contributed by atoms with E-state index in [1.54, 1.807) is 6.21 Å². The predicted molar refractivity (Wildman–Crippen MR) is 64.4 cm³/mol. The first kappa shape index (κ1) is 11.2. The molecule has 1 aromatic heterocycles. The van der Waals surface area contributed by atoms with Crippen LogP contribution in [-0.2, 0) is 0 Å². The van der Waals surface area contributed by atoms with Crippen LogP contribution in [0.1, 0.15) is 11.3 Å². The Kier molecular flexibility index (Phi) is 3.72. The molecule has 0 aliphatic heterocycles. The summed E-state index contributed by atoms with van der Waals surface area (Å²) < 4.78 is 17.1. The van der Waals surface area contributed by atoms with E-state index in [1.807, 2.05) is 30.3 Å². The van der Waals surface area contributed by atoms with Gasteiger partial charge >= 0.3 is 0 Å². The summed E-state index contributed by atoms with van der Waals surface area (Å²) in [6, 6.07) is 11.8. The number of hydrogen-bond acceptors (Lipinski definition) is 2. The molecule has 2 rings (SSSR count). The van der Waals surface area contributed by atoms with E-state index in [4.69, 9.17) is 0 Å². The first-order valence-corrected chi connectivity index (χ1v) is 5.14. The highest BCUT2D eigenvalue weighted by Crippen LogP contribution is 2.02. The van der Waals surface area contributed by atoms with Crippen LogP contribution in [0, 0.1) is 17.9 Å². The topological polar surface area (TPSA) is 25.5 Å². The van der Waals surface area contributed by atoms with E-state index in [0.717, 1.165) is 5.56 Å². The molecule has 0 aliphatic carbocycles. The Labute approximate surface area is 98.8 Å². The molecule has 0 bridgehead atoms. The van der Waals surface area contributed by atoms with E-state index in [2.05, 4.69) is 21.3 Å². The highest BCUT2D eigenvalue weighted by molar-refractivity contribution is 5.79. The predicted octanol–water partition coefficient (Wildman–Crippen LogP) is 2.89. The molecule has 0 aliphatic rings. The molecule has 2 aromatic rings. The zero-order valence-electron chi connectivity index (χ0n) is 9.06. The first-order valence-electron chi connectivity index (χ1n) is 5.14.